The molecule has 6 rings (SSSR count). The van der Waals surface area contributed by atoms with E-state index in [9.17, 15) is 0 Å². The van der Waals surface area contributed by atoms with E-state index in [1.165, 1.54) is 11.1 Å². The molecule has 0 saturated heterocycles. The summed E-state index contributed by atoms with van der Waals surface area (Å²) in [6, 6.07) is 30.6. The molecule has 0 radical (unpaired) electrons. The van der Waals surface area contributed by atoms with Gasteiger partial charge >= 0.3 is 5.82 Å². The van der Waals surface area contributed by atoms with E-state index >= 15 is 0 Å². The third-order valence-electron chi connectivity index (χ3n) is 7.88. The van der Waals surface area contributed by atoms with Crippen molar-refractivity contribution >= 4 is 38.7 Å². The molecule has 3 nitrogen and oxygen atoms in total. The van der Waals surface area contributed by atoms with Crippen molar-refractivity contribution in [1.82, 2.24) is 4.57 Å². The fraction of sp³-hybridized carbons (Fsp3) is 0.250. The quantitative estimate of drug-likeness (QED) is 0.203. The van der Waals surface area contributed by atoms with E-state index in [2.05, 4.69) is 129 Å². The molecule has 0 bridgehead atoms. The van der Waals surface area contributed by atoms with E-state index < -0.39 is 0 Å². The van der Waals surface area contributed by atoms with Gasteiger partial charge in [0.1, 0.15) is 22.5 Å². The molecule has 0 aliphatic heterocycles. The number of fused-ring (bicyclic) bond motifs is 4. The maximum Gasteiger partial charge on any atom is 0.304 e. The largest absolute Gasteiger partial charge is 0.455 e. The highest BCUT2D eigenvalue weighted by Crippen LogP contribution is 2.40. The molecule has 196 valence electrons. The first-order valence-corrected chi connectivity index (χ1v) is 14.1. The number of aromatic nitrogens is 2. The molecule has 6 aromatic rings. The maximum atomic E-state index is 6.69. The minimum atomic E-state index is 0.0880. The van der Waals surface area contributed by atoms with Crippen LogP contribution in [0.4, 0.5) is 0 Å². The zero-order chi connectivity index (χ0) is 27.3. The van der Waals surface area contributed by atoms with Crippen LogP contribution in [0.25, 0.3) is 55.7 Å². The van der Waals surface area contributed by atoms with Crippen molar-refractivity contribution in [2.24, 2.45) is 0 Å². The van der Waals surface area contributed by atoms with Gasteiger partial charge in [-0.2, -0.15) is 9.13 Å². The van der Waals surface area contributed by atoms with Crippen molar-refractivity contribution in [3.8, 4) is 17.1 Å². The maximum absolute atomic E-state index is 6.69. The summed E-state index contributed by atoms with van der Waals surface area (Å²) < 4.78 is 11.4. The van der Waals surface area contributed by atoms with E-state index in [0.29, 0.717) is 0 Å². The van der Waals surface area contributed by atoms with Gasteiger partial charge in [0.05, 0.1) is 0 Å². The highest BCUT2D eigenvalue weighted by molar-refractivity contribution is 6.10. The second-order valence-corrected chi connectivity index (χ2v) is 11.5. The summed E-state index contributed by atoms with van der Waals surface area (Å²) in [6.07, 6.45) is 2.85. The number of benzene rings is 4. The summed E-state index contributed by atoms with van der Waals surface area (Å²) in [5, 5.41) is 2.30. The summed E-state index contributed by atoms with van der Waals surface area (Å²) in [6.45, 7) is 15.8. The number of aryl methyl sites for hydroxylation is 1. The minimum absolute atomic E-state index is 0.0880. The number of hydrogen-bond acceptors (Lipinski definition) is 1. The van der Waals surface area contributed by atoms with Gasteiger partial charge in [0.2, 0.25) is 0 Å². The van der Waals surface area contributed by atoms with Crippen molar-refractivity contribution in [2.45, 2.75) is 59.3 Å². The molecule has 0 saturated carbocycles. The molecule has 0 unspecified atom stereocenters. The van der Waals surface area contributed by atoms with Gasteiger partial charge in [-0.1, -0.05) is 102 Å². The van der Waals surface area contributed by atoms with Crippen LogP contribution < -0.4 is 4.57 Å². The number of para-hydroxylation sites is 3. The second-order valence-electron chi connectivity index (χ2n) is 11.5. The van der Waals surface area contributed by atoms with Crippen LogP contribution in [-0.4, -0.2) is 4.57 Å². The molecule has 3 heteroatoms. The van der Waals surface area contributed by atoms with Crippen LogP contribution >= 0.6 is 0 Å². The molecule has 0 atom stereocenters. The number of rotatable bonds is 6. The third kappa shape index (κ3) is 4.08. The number of imidazole rings is 1. The average molecular weight is 514 g/mol. The van der Waals surface area contributed by atoms with Crippen LogP contribution in [0.15, 0.2) is 95.9 Å². The summed E-state index contributed by atoms with van der Waals surface area (Å²) in [4.78, 5) is 0. The zero-order valence-corrected chi connectivity index (χ0v) is 23.7. The van der Waals surface area contributed by atoms with Crippen molar-refractivity contribution in [3.63, 3.8) is 0 Å². The van der Waals surface area contributed by atoms with Gasteiger partial charge in [-0.15, -0.1) is 0 Å². The van der Waals surface area contributed by atoms with Gasteiger partial charge in [-0.3, -0.25) is 0 Å². The lowest BCUT2D eigenvalue weighted by atomic mass is 9.87. The predicted octanol–water partition coefficient (Wildman–Crippen LogP) is 9.62. The van der Waals surface area contributed by atoms with E-state index in [4.69, 9.17) is 4.42 Å². The molecular formula is C36H37N2O+. The summed E-state index contributed by atoms with van der Waals surface area (Å²) in [5.74, 6) is 1.10. The fourth-order valence-electron chi connectivity index (χ4n) is 5.80. The number of nitrogens with zero attached hydrogens (tertiary/aromatic N) is 2. The Morgan fingerprint density at radius 3 is 2.28 bits per heavy atom. The molecule has 0 amide bonds. The van der Waals surface area contributed by atoms with E-state index in [-0.39, 0.29) is 5.41 Å². The van der Waals surface area contributed by atoms with Crippen LogP contribution in [-0.2, 0) is 11.8 Å². The molecular weight excluding hydrogens is 476 g/mol. The number of allylic oxidation sites excluding steroid dienone is 1. The standard InChI is InChI=1S/C36H37N2O/c1-7-13-25-18-23-29-28-14-9-12-17-32(28)39-34(29)33(25)35-37(24(3)8-2)30-15-10-11-16-31(30)38(35)27-21-19-26(20-22-27)36(4,5)6/h9-12,14-23H,3,7-8,13H2,1-2,4-6H3/q+1. The van der Waals surface area contributed by atoms with Crippen molar-refractivity contribution in [3.05, 3.63) is 103 Å². The molecule has 0 aliphatic rings. The molecule has 0 aliphatic carbocycles. The summed E-state index contributed by atoms with van der Waals surface area (Å²) in [7, 11) is 0. The molecule has 39 heavy (non-hydrogen) atoms. The van der Waals surface area contributed by atoms with Crippen LogP contribution in [0, 0.1) is 0 Å². The number of furan rings is 1. The summed E-state index contributed by atoms with van der Waals surface area (Å²) >= 11 is 0. The lowest BCUT2D eigenvalue weighted by Gasteiger charge is -2.19. The minimum Gasteiger partial charge on any atom is -0.455 e. The monoisotopic (exact) mass is 513 g/mol. The number of hydrogen-bond donors (Lipinski definition) is 0. The van der Waals surface area contributed by atoms with E-state index in [0.717, 1.165) is 75.0 Å². The first-order chi connectivity index (χ1) is 18.8. The van der Waals surface area contributed by atoms with Gasteiger partial charge in [0.25, 0.3) is 0 Å². The van der Waals surface area contributed by atoms with E-state index in [1.807, 2.05) is 6.07 Å². The van der Waals surface area contributed by atoms with Gasteiger partial charge in [-0.05, 0) is 53.3 Å². The highest BCUT2D eigenvalue weighted by atomic mass is 16.3. The van der Waals surface area contributed by atoms with E-state index in [1.54, 1.807) is 0 Å². The Bertz CT molecular complexity index is 1840. The molecule has 2 heterocycles. The molecule has 0 spiro atoms. The second kappa shape index (κ2) is 9.57. The Hall–Kier alpha value is -4.11. The Balaban J connectivity index is 1.79. The lowest BCUT2D eigenvalue weighted by molar-refractivity contribution is -0.555. The molecule has 2 aromatic heterocycles. The Morgan fingerprint density at radius 2 is 1.56 bits per heavy atom. The molecule has 0 N–H and O–H groups in total. The highest BCUT2D eigenvalue weighted by Gasteiger charge is 2.33. The van der Waals surface area contributed by atoms with Crippen LogP contribution in [0.1, 0.15) is 58.6 Å². The Labute approximate surface area is 231 Å². The first-order valence-electron chi connectivity index (χ1n) is 14.1. The SMILES string of the molecule is C=C(CC)n1c(-c2c(CCC)ccc3c2oc2ccccc23)[n+](-c2ccc(C(C)(C)C)cc2)c2ccccc21. The van der Waals surface area contributed by atoms with Crippen LogP contribution in [0.5, 0.6) is 0 Å². The van der Waals surface area contributed by atoms with Gasteiger partial charge in [0.15, 0.2) is 16.6 Å². The normalized spacial score (nSPS) is 12.1. The smallest absolute Gasteiger partial charge is 0.304 e. The fourth-order valence-corrected chi connectivity index (χ4v) is 5.80. The summed E-state index contributed by atoms with van der Waals surface area (Å²) in [5.41, 5.74) is 10.2. The molecule has 4 aromatic carbocycles. The lowest BCUT2D eigenvalue weighted by Crippen LogP contribution is -2.33. The third-order valence-corrected chi connectivity index (χ3v) is 7.88. The Morgan fingerprint density at radius 1 is 0.846 bits per heavy atom. The topological polar surface area (TPSA) is 21.9 Å². The first kappa shape index (κ1) is 25.2. The van der Waals surface area contributed by atoms with Gasteiger partial charge in [-0.25, -0.2) is 0 Å². The average Bonchev–Trinajstić information content (AvgIpc) is 3.48. The molecule has 0 fully saturated rings. The Kier molecular flexibility index (Phi) is 6.18. The zero-order valence-electron chi connectivity index (χ0n) is 23.7. The van der Waals surface area contributed by atoms with Crippen LogP contribution in [0.3, 0.4) is 0 Å². The van der Waals surface area contributed by atoms with Crippen molar-refractivity contribution in [2.75, 3.05) is 0 Å². The van der Waals surface area contributed by atoms with Crippen molar-refractivity contribution < 1.29 is 8.98 Å². The van der Waals surface area contributed by atoms with Gasteiger partial charge in [0, 0.05) is 17.2 Å². The van der Waals surface area contributed by atoms with Crippen molar-refractivity contribution in [1.29, 1.82) is 0 Å². The predicted molar refractivity (Wildman–Crippen MR) is 164 cm³/mol. The van der Waals surface area contributed by atoms with Crippen LogP contribution in [0.2, 0.25) is 0 Å². The van der Waals surface area contributed by atoms with Gasteiger partial charge < -0.3 is 4.42 Å².